The van der Waals surface area contributed by atoms with Crippen molar-refractivity contribution in [3.63, 3.8) is 0 Å². The zero-order valence-electron chi connectivity index (χ0n) is 8.48. The van der Waals surface area contributed by atoms with Crippen LogP contribution in [-0.2, 0) is 6.54 Å². The summed E-state index contributed by atoms with van der Waals surface area (Å²) >= 11 is 0. The third-order valence-electron chi connectivity index (χ3n) is 2.59. The summed E-state index contributed by atoms with van der Waals surface area (Å²) in [7, 11) is 2.16. The van der Waals surface area contributed by atoms with E-state index in [1.54, 1.807) is 6.20 Å². The van der Waals surface area contributed by atoms with Crippen molar-refractivity contribution in [2.45, 2.75) is 19.0 Å². The van der Waals surface area contributed by atoms with Gasteiger partial charge in [0.15, 0.2) is 0 Å². The Bertz CT molecular complexity index is 275. The molecule has 4 nitrogen and oxygen atoms in total. The van der Waals surface area contributed by atoms with Gasteiger partial charge in [-0.25, -0.2) is 0 Å². The van der Waals surface area contributed by atoms with Gasteiger partial charge in [-0.2, -0.15) is 10.2 Å². The number of likely N-dealkylation sites (tertiary alicyclic amines) is 1. The van der Waals surface area contributed by atoms with Crippen LogP contribution in [0.1, 0.15) is 12.1 Å². The van der Waals surface area contributed by atoms with Gasteiger partial charge in [-0.05, 0) is 32.1 Å². The Labute approximate surface area is 84.3 Å². The summed E-state index contributed by atoms with van der Waals surface area (Å²) in [6.07, 6.45) is 2.93. The van der Waals surface area contributed by atoms with Gasteiger partial charge in [-0.3, -0.25) is 0 Å². The van der Waals surface area contributed by atoms with Gasteiger partial charge < -0.3 is 10.2 Å². The van der Waals surface area contributed by atoms with Crippen LogP contribution in [0.2, 0.25) is 0 Å². The second-order valence-electron chi connectivity index (χ2n) is 3.84. The minimum atomic E-state index is 0.613. The number of nitrogens with one attached hydrogen (secondary N) is 1. The third kappa shape index (κ3) is 2.49. The standard InChI is InChI=1S/C10H16N4/c1-14-6-4-10(8-14)11-7-9-3-2-5-12-13-9/h2-3,5,10-11H,4,6-8H2,1H3. The average molecular weight is 192 g/mol. The fourth-order valence-electron chi connectivity index (χ4n) is 1.78. The van der Waals surface area contributed by atoms with Gasteiger partial charge >= 0.3 is 0 Å². The topological polar surface area (TPSA) is 41.0 Å². The van der Waals surface area contributed by atoms with Crippen molar-refractivity contribution in [2.24, 2.45) is 0 Å². The van der Waals surface area contributed by atoms with Crippen LogP contribution in [0, 0.1) is 0 Å². The summed E-state index contributed by atoms with van der Waals surface area (Å²) in [6, 6.07) is 4.53. The normalized spacial score (nSPS) is 22.8. The van der Waals surface area contributed by atoms with Crippen LogP contribution < -0.4 is 5.32 Å². The van der Waals surface area contributed by atoms with Crippen molar-refractivity contribution in [3.8, 4) is 0 Å². The van der Waals surface area contributed by atoms with E-state index >= 15 is 0 Å². The molecule has 1 fully saturated rings. The smallest absolute Gasteiger partial charge is 0.0769 e. The van der Waals surface area contributed by atoms with Gasteiger partial charge in [0.2, 0.25) is 0 Å². The predicted molar refractivity (Wildman–Crippen MR) is 54.8 cm³/mol. The summed E-state index contributed by atoms with van der Waals surface area (Å²) in [4.78, 5) is 2.34. The average Bonchev–Trinajstić information content (AvgIpc) is 2.63. The second-order valence-corrected chi connectivity index (χ2v) is 3.84. The molecule has 0 saturated carbocycles. The lowest BCUT2D eigenvalue weighted by Crippen LogP contribution is -2.31. The molecule has 14 heavy (non-hydrogen) atoms. The Morgan fingerprint density at radius 2 is 2.57 bits per heavy atom. The monoisotopic (exact) mass is 192 g/mol. The van der Waals surface area contributed by atoms with E-state index in [9.17, 15) is 0 Å². The Kier molecular flexibility index (Phi) is 3.06. The van der Waals surface area contributed by atoms with Crippen LogP contribution >= 0.6 is 0 Å². The molecule has 0 spiro atoms. The van der Waals surface area contributed by atoms with Crippen molar-refractivity contribution in [2.75, 3.05) is 20.1 Å². The number of likely N-dealkylation sites (N-methyl/N-ethyl adjacent to an activating group) is 1. The molecule has 1 aromatic heterocycles. The molecule has 1 atom stereocenters. The van der Waals surface area contributed by atoms with Crippen LogP contribution in [0.15, 0.2) is 18.3 Å². The molecule has 0 bridgehead atoms. The van der Waals surface area contributed by atoms with E-state index in [1.165, 1.54) is 13.0 Å². The highest BCUT2D eigenvalue weighted by molar-refractivity contribution is 4.99. The highest BCUT2D eigenvalue weighted by Gasteiger charge is 2.18. The SMILES string of the molecule is CN1CCC(NCc2cccnn2)C1. The zero-order chi connectivity index (χ0) is 9.80. The minimum Gasteiger partial charge on any atom is -0.307 e. The molecule has 76 valence electrons. The van der Waals surface area contributed by atoms with Gasteiger partial charge in [0.1, 0.15) is 0 Å². The van der Waals surface area contributed by atoms with Crippen LogP contribution in [0.25, 0.3) is 0 Å². The fourth-order valence-corrected chi connectivity index (χ4v) is 1.78. The lowest BCUT2D eigenvalue weighted by Gasteiger charge is -2.11. The van der Waals surface area contributed by atoms with Gasteiger partial charge in [-0.1, -0.05) is 0 Å². The Morgan fingerprint density at radius 1 is 1.64 bits per heavy atom. The zero-order valence-corrected chi connectivity index (χ0v) is 8.48. The molecule has 1 saturated heterocycles. The fraction of sp³-hybridized carbons (Fsp3) is 0.600. The first-order valence-electron chi connectivity index (χ1n) is 5.03. The van der Waals surface area contributed by atoms with Crippen LogP contribution in [0.5, 0.6) is 0 Å². The summed E-state index contributed by atoms with van der Waals surface area (Å²) in [6.45, 7) is 3.16. The molecule has 4 heteroatoms. The molecule has 2 heterocycles. The molecule has 2 rings (SSSR count). The van der Waals surface area contributed by atoms with Crippen LogP contribution in [-0.4, -0.2) is 41.3 Å². The first-order chi connectivity index (χ1) is 6.84. The predicted octanol–water partition coefficient (Wildman–Crippen LogP) is 0.270. The lowest BCUT2D eigenvalue weighted by molar-refractivity contribution is 0.397. The second kappa shape index (κ2) is 4.48. The first-order valence-corrected chi connectivity index (χ1v) is 5.03. The number of hydrogen-bond donors (Lipinski definition) is 1. The van der Waals surface area contributed by atoms with Crippen molar-refractivity contribution in [1.82, 2.24) is 20.4 Å². The van der Waals surface area contributed by atoms with Crippen molar-refractivity contribution in [1.29, 1.82) is 0 Å². The summed E-state index contributed by atoms with van der Waals surface area (Å²) in [5.41, 5.74) is 1.02. The van der Waals surface area contributed by atoms with Crippen molar-refractivity contribution < 1.29 is 0 Å². The van der Waals surface area contributed by atoms with Gasteiger partial charge in [0.25, 0.3) is 0 Å². The molecule has 0 aromatic carbocycles. The van der Waals surface area contributed by atoms with Crippen LogP contribution in [0.3, 0.4) is 0 Å². The van der Waals surface area contributed by atoms with Crippen molar-refractivity contribution in [3.05, 3.63) is 24.0 Å². The molecule has 1 N–H and O–H groups in total. The molecule has 1 aliphatic heterocycles. The molecule has 0 radical (unpaired) electrons. The Hall–Kier alpha value is -1.00. The molecule has 1 unspecified atom stereocenters. The number of aromatic nitrogens is 2. The largest absolute Gasteiger partial charge is 0.307 e. The van der Waals surface area contributed by atoms with E-state index in [0.717, 1.165) is 18.8 Å². The van der Waals surface area contributed by atoms with E-state index in [-0.39, 0.29) is 0 Å². The van der Waals surface area contributed by atoms with E-state index in [0.29, 0.717) is 6.04 Å². The minimum absolute atomic E-state index is 0.613. The molecular formula is C10H16N4. The maximum Gasteiger partial charge on any atom is 0.0769 e. The van der Waals surface area contributed by atoms with E-state index in [1.807, 2.05) is 12.1 Å². The van der Waals surface area contributed by atoms with Crippen LogP contribution in [0.4, 0.5) is 0 Å². The summed E-state index contributed by atoms with van der Waals surface area (Å²) in [5.74, 6) is 0. The number of nitrogens with zero attached hydrogens (tertiary/aromatic N) is 3. The Balaban J connectivity index is 1.78. The quantitative estimate of drug-likeness (QED) is 0.746. The number of rotatable bonds is 3. The lowest BCUT2D eigenvalue weighted by atomic mass is 10.2. The highest BCUT2D eigenvalue weighted by Crippen LogP contribution is 2.06. The third-order valence-corrected chi connectivity index (χ3v) is 2.59. The van der Waals surface area contributed by atoms with E-state index < -0.39 is 0 Å². The molecule has 1 aliphatic rings. The highest BCUT2D eigenvalue weighted by atomic mass is 15.2. The molecule has 0 amide bonds. The van der Waals surface area contributed by atoms with Crippen molar-refractivity contribution >= 4 is 0 Å². The summed E-state index contributed by atoms with van der Waals surface area (Å²) < 4.78 is 0. The van der Waals surface area contributed by atoms with Gasteiger partial charge in [-0.15, -0.1) is 0 Å². The van der Waals surface area contributed by atoms with E-state index in [4.69, 9.17) is 0 Å². The Morgan fingerprint density at radius 3 is 3.21 bits per heavy atom. The molecule has 1 aromatic rings. The molecule has 0 aliphatic carbocycles. The summed E-state index contributed by atoms with van der Waals surface area (Å²) in [5, 5.41) is 11.4. The number of hydrogen-bond acceptors (Lipinski definition) is 4. The first kappa shape index (κ1) is 9.55. The molecular weight excluding hydrogens is 176 g/mol. The van der Waals surface area contributed by atoms with Gasteiger partial charge in [0.05, 0.1) is 5.69 Å². The maximum atomic E-state index is 4.03. The van der Waals surface area contributed by atoms with Gasteiger partial charge in [0, 0.05) is 25.3 Å². The van der Waals surface area contributed by atoms with E-state index in [2.05, 4.69) is 27.5 Å². The maximum absolute atomic E-state index is 4.03.